The van der Waals surface area contributed by atoms with Gasteiger partial charge in [0.25, 0.3) is 0 Å². The van der Waals surface area contributed by atoms with E-state index in [2.05, 4.69) is 4.74 Å². The fourth-order valence-electron chi connectivity index (χ4n) is 1.53. The second kappa shape index (κ2) is 6.59. The Morgan fingerprint density at radius 2 is 2.15 bits per heavy atom. The molecule has 3 nitrogen and oxygen atoms in total. The summed E-state index contributed by atoms with van der Waals surface area (Å²) < 4.78 is 182. The van der Waals surface area contributed by atoms with Crippen LogP contribution in [-0.2, 0) is 0 Å². The van der Waals surface area contributed by atoms with Crippen molar-refractivity contribution in [3.8, 4) is 5.75 Å². The summed E-state index contributed by atoms with van der Waals surface area (Å²) in [7, 11) is -2.85. The molecule has 0 radical (unpaired) electrons. The van der Waals surface area contributed by atoms with Gasteiger partial charge in [-0.15, -0.1) is 0 Å². The molecule has 1 aromatic rings. The van der Waals surface area contributed by atoms with Gasteiger partial charge in [0.2, 0.25) is 0 Å². The maximum Gasteiger partial charge on any atom is 0.118 e. The van der Waals surface area contributed by atoms with E-state index in [0.29, 0.717) is 7.05 Å². The van der Waals surface area contributed by atoms with Crippen molar-refractivity contribution in [3.05, 3.63) is 29.7 Å². The van der Waals surface area contributed by atoms with E-state index >= 15 is 0 Å². The molecule has 1 aliphatic carbocycles. The third kappa shape index (κ3) is 3.53. The summed E-state index contributed by atoms with van der Waals surface area (Å²) >= 11 is 0. The molecule has 1 aliphatic rings. The Balaban J connectivity index is 3.32. The van der Waals surface area contributed by atoms with Gasteiger partial charge in [-0.25, -0.2) is 0 Å². The Morgan fingerprint density at radius 1 is 1.45 bits per heavy atom. The van der Waals surface area contributed by atoms with E-state index in [0.717, 1.165) is 0 Å². The minimum atomic E-state index is -4.56. The minimum Gasteiger partial charge on any atom is -0.497 e. The SMILES string of the molecule is [2H]c1c([2H])c(C(C([2H])([2H])N(C)C([2H])([2H])[2H])C2(O)C([2H])([2H])C([2H])([2H])C([2H])([2H])C([2H])([2H])C2([2H])[2H])c([2H])c([2H])c1OC([2H])([2H])[2H]. The van der Waals surface area contributed by atoms with Crippen molar-refractivity contribution >= 4 is 0 Å². The lowest BCUT2D eigenvalue weighted by molar-refractivity contribution is -0.0277. The fraction of sp³-hybridized carbons (Fsp3) is 0.647. The molecule has 0 aromatic heterocycles. The zero-order valence-electron chi connectivity index (χ0n) is 32.4. The molecule has 1 fully saturated rings. The number of hydrogen-bond acceptors (Lipinski definition) is 3. The fourth-order valence-corrected chi connectivity index (χ4v) is 1.53. The van der Waals surface area contributed by atoms with Gasteiger partial charge in [-0.3, -0.25) is 0 Å². The van der Waals surface area contributed by atoms with Crippen LogP contribution in [0.15, 0.2) is 24.2 Å². The Labute approximate surface area is 153 Å². The van der Waals surface area contributed by atoms with Crippen LogP contribution in [0.5, 0.6) is 5.75 Å². The average Bonchev–Trinajstić information content (AvgIpc) is 2.79. The molecule has 2 rings (SSSR count). The van der Waals surface area contributed by atoms with Crippen LogP contribution in [0.3, 0.4) is 0 Å². The highest BCUT2D eigenvalue weighted by molar-refractivity contribution is 5.31. The summed E-state index contributed by atoms with van der Waals surface area (Å²) in [5, 5.41) is 12.0. The molecule has 1 atom stereocenters. The number of likely N-dealkylation sites (N-methyl/N-ethyl adjacent to an activating group) is 1. The quantitative estimate of drug-likeness (QED) is 0.907. The molecule has 1 unspecified atom stereocenters. The third-order valence-corrected chi connectivity index (χ3v) is 2.38. The third-order valence-electron chi connectivity index (χ3n) is 2.38. The molecular weight excluding hydrogens is 250 g/mol. The monoisotopic (exact) mass is 299 g/mol. The van der Waals surface area contributed by atoms with Gasteiger partial charge in [0.15, 0.2) is 0 Å². The van der Waals surface area contributed by atoms with Crippen molar-refractivity contribution in [2.75, 3.05) is 27.6 Å². The summed E-state index contributed by atoms with van der Waals surface area (Å²) in [5.74, 6) is -4.63. The lowest BCUT2D eigenvalue weighted by atomic mass is 9.72. The summed E-state index contributed by atoms with van der Waals surface area (Å²) in [4.78, 5) is -0.206. The molecule has 0 aliphatic heterocycles. The van der Waals surface area contributed by atoms with Crippen LogP contribution in [0, 0.1) is 0 Å². The van der Waals surface area contributed by atoms with Gasteiger partial charge in [0, 0.05) is 33.0 Å². The maximum absolute atomic E-state index is 12.0. The molecule has 0 amide bonds. The van der Waals surface area contributed by atoms with E-state index in [1.165, 1.54) is 0 Å². The number of nitrogens with zero attached hydrogens (tertiary/aromatic N) is 1. The van der Waals surface area contributed by atoms with E-state index in [4.69, 9.17) is 30.2 Å². The van der Waals surface area contributed by atoms with Crippen molar-refractivity contribution in [2.45, 2.75) is 43.4 Å². The van der Waals surface area contributed by atoms with Gasteiger partial charge >= 0.3 is 0 Å². The van der Waals surface area contributed by atoms with Gasteiger partial charge in [-0.05, 0) is 44.4 Å². The zero-order chi connectivity index (χ0) is 33.8. The molecule has 3 heteroatoms. The van der Waals surface area contributed by atoms with Crippen molar-refractivity contribution in [3.63, 3.8) is 0 Å². The molecular formula is C17H27NO2. The van der Waals surface area contributed by atoms with Crippen LogP contribution in [0.1, 0.15) is 73.5 Å². The predicted molar refractivity (Wildman–Crippen MR) is 82.3 cm³/mol. The number of hydrogen-bond donors (Lipinski definition) is 1. The first-order chi connectivity index (χ1) is 18.1. The van der Waals surface area contributed by atoms with Crippen LogP contribution in [0.2, 0.25) is 0 Å². The van der Waals surface area contributed by atoms with Gasteiger partial charge in [-0.1, -0.05) is 31.2 Å². The predicted octanol–water partition coefficient (Wildman–Crippen LogP) is 3.04. The molecule has 20 heavy (non-hydrogen) atoms. The smallest absolute Gasteiger partial charge is 0.118 e. The van der Waals surface area contributed by atoms with E-state index < -0.39 is 99.4 Å². The Morgan fingerprint density at radius 3 is 2.75 bits per heavy atom. The van der Waals surface area contributed by atoms with Crippen LogP contribution >= 0.6 is 0 Å². The molecule has 1 aromatic carbocycles. The summed E-state index contributed by atoms with van der Waals surface area (Å²) in [6.45, 7) is -7.45. The molecule has 1 N–H and O–H groups in total. The molecule has 0 heterocycles. The highest BCUT2D eigenvalue weighted by Crippen LogP contribution is 2.40. The zero-order valence-corrected chi connectivity index (χ0v) is 10.4. The van der Waals surface area contributed by atoms with Crippen LogP contribution in [0.4, 0.5) is 0 Å². The van der Waals surface area contributed by atoms with Gasteiger partial charge in [-0.2, -0.15) is 0 Å². The summed E-state index contributed by atoms with van der Waals surface area (Å²) in [6, 6.07) is -5.78. The number of rotatable bonds is 5. The molecule has 0 saturated heterocycles. The highest BCUT2D eigenvalue weighted by atomic mass is 16.5. The first-order valence-corrected chi connectivity index (χ1v) is 5.39. The number of aliphatic hydroxyl groups is 1. The van der Waals surface area contributed by atoms with E-state index in [-0.39, 0.29) is 4.90 Å². The Bertz CT molecular complexity index is 1170. The Kier molecular flexibility index (Phi) is 1.14. The lowest BCUT2D eigenvalue weighted by Crippen LogP contribution is -2.42. The van der Waals surface area contributed by atoms with E-state index in [9.17, 15) is 5.11 Å². The van der Waals surface area contributed by atoms with Crippen molar-refractivity contribution in [1.29, 1.82) is 0 Å². The van der Waals surface area contributed by atoms with Crippen LogP contribution in [-0.4, -0.2) is 43.2 Å². The number of benzene rings is 1. The second-order valence-corrected chi connectivity index (χ2v) is 3.86. The largest absolute Gasteiger partial charge is 0.497 e. The summed E-state index contributed by atoms with van der Waals surface area (Å²) in [5.41, 5.74) is -6.06. The standard InChI is InChI=1S/C17H27NO2/c1-18(2)13-16(17(19)11-5-4-6-12-17)14-7-9-15(20-3)10-8-14/h7-10,16,19H,4-6,11-13H2,1-3H3/i1D3,3D3,4D2,5D2,6D2,7D,8D,9D,10D,11D2,12D2,13D2. The van der Waals surface area contributed by atoms with Gasteiger partial charge in [0.05, 0.1) is 22.2 Å². The highest BCUT2D eigenvalue weighted by Gasteiger charge is 2.38. The molecule has 1 saturated carbocycles. The lowest BCUT2D eigenvalue weighted by Gasteiger charge is -2.40. The molecule has 0 bridgehead atoms. The number of ether oxygens (including phenoxy) is 1. The average molecular weight is 300 g/mol. The van der Waals surface area contributed by atoms with Crippen LogP contribution < -0.4 is 4.74 Å². The number of methoxy groups -OCH3 is 1. The summed E-state index contributed by atoms with van der Waals surface area (Å²) in [6.07, 6.45) is -21.4. The Hall–Kier alpha value is -1.06. The normalized spacial score (nSPS) is 50.5. The van der Waals surface area contributed by atoms with Crippen molar-refractivity contribution in [1.82, 2.24) is 4.90 Å². The first kappa shape index (κ1) is 3.47. The van der Waals surface area contributed by atoms with Gasteiger partial charge < -0.3 is 14.7 Å². The maximum atomic E-state index is 12.0. The first-order valence-electron chi connectivity index (χ1n) is 16.4. The van der Waals surface area contributed by atoms with Crippen LogP contribution in [0.25, 0.3) is 0 Å². The van der Waals surface area contributed by atoms with Crippen molar-refractivity contribution in [2.24, 2.45) is 0 Å². The molecule has 112 valence electrons. The van der Waals surface area contributed by atoms with E-state index in [1.807, 2.05) is 0 Å². The second-order valence-electron chi connectivity index (χ2n) is 3.86. The van der Waals surface area contributed by atoms with E-state index in [1.54, 1.807) is 0 Å². The van der Waals surface area contributed by atoms with Crippen molar-refractivity contribution < 1.29 is 40.0 Å². The van der Waals surface area contributed by atoms with Gasteiger partial charge in [0.1, 0.15) is 5.75 Å². The molecule has 0 spiro atoms. The topological polar surface area (TPSA) is 32.7 Å². The minimum absolute atomic E-state index is 0.206.